The van der Waals surface area contributed by atoms with Gasteiger partial charge in [0.2, 0.25) is 0 Å². The van der Waals surface area contributed by atoms with Gasteiger partial charge in [0.05, 0.1) is 25.3 Å². The van der Waals surface area contributed by atoms with Crippen LogP contribution in [-0.2, 0) is 16.0 Å². The Labute approximate surface area is 205 Å². The third-order valence-electron chi connectivity index (χ3n) is 6.10. The zero-order valence-corrected chi connectivity index (χ0v) is 20.2. The third-order valence-corrected chi connectivity index (χ3v) is 6.10. The summed E-state index contributed by atoms with van der Waals surface area (Å²) < 4.78 is 10.9. The summed E-state index contributed by atoms with van der Waals surface area (Å²) in [5.74, 6) is -0.306. The summed E-state index contributed by atoms with van der Waals surface area (Å²) in [5.41, 5.74) is 2.88. The number of rotatable bonds is 8. The molecule has 0 saturated carbocycles. The first kappa shape index (κ1) is 24.1. The van der Waals surface area contributed by atoms with Crippen LogP contribution in [0, 0.1) is 0 Å². The first-order valence-electron chi connectivity index (χ1n) is 11.8. The fraction of sp³-hybridized carbons (Fsp3) is 0.241. The molecule has 0 aliphatic carbocycles. The average molecular weight is 472 g/mol. The Hall–Kier alpha value is -4.06. The SMILES string of the molecule is CCCOc1ccc(/C(O)=C2\C(=O)C(=O)N(c3ccc(CC)cc3)C2c2ccc(OC)cc2)cc1. The van der Waals surface area contributed by atoms with Crippen LogP contribution in [0.2, 0.25) is 0 Å². The second-order valence-corrected chi connectivity index (χ2v) is 8.34. The van der Waals surface area contributed by atoms with E-state index in [0.29, 0.717) is 34.9 Å². The molecule has 1 N–H and O–H groups in total. The number of carbonyl (C=O) groups excluding carboxylic acids is 2. The van der Waals surface area contributed by atoms with Crippen molar-refractivity contribution in [3.05, 3.63) is 95.1 Å². The number of anilines is 1. The zero-order chi connectivity index (χ0) is 24.9. The number of benzene rings is 3. The molecular formula is C29H29NO5. The van der Waals surface area contributed by atoms with Crippen molar-refractivity contribution >= 4 is 23.1 Å². The first-order valence-corrected chi connectivity index (χ1v) is 11.8. The molecule has 3 aromatic carbocycles. The highest BCUT2D eigenvalue weighted by molar-refractivity contribution is 6.51. The fourth-order valence-corrected chi connectivity index (χ4v) is 4.18. The molecular weight excluding hydrogens is 442 g/mol. The van der Waals surface area contributed by atoms with Crippen molar-refractivity contribution in [3.8, 4) is 11.5 Å². The quantitative estimate of drug-likeness (QED) is 0.260. The maximum atomic E-state index is 13.3. The molecule has 1 atom stereocenters. The molecule has 0 aromatic heterocycles. The second-order valence-electron chi connectivity index (χ2n) is 8.34. The van der Waals surface area contributed by atoms with Gasteiger partial charge in [-0.25, -0.2) is 0 Å². The van der Waals surface area contributed by atoms with E-state index in [4.69, 9.17) is 9.47 Å². The Bertz CT molecular complexity index is 1230. The molecule has 35 heavy (non-hydrogen) atoms. The summed E-state index contributed by atoms with van der Waals surface area (Å²) in [5, 5.41) is 11.3. The van der Waals surface area contributed by atoms with Gasteiger partial charge in [-0.15, -0.1) is 0 Å². The third kappa shape index (κ3) is 4.78. The van der Waals surface area contributed by atoms with E-state index in [1.165, 1.54) is 4.90 Å². The maximum absolute atomic E-state index is 13.3. The summed E-state index contributed by atoms with van der Waals surface area (Å²) in [7, 11) is 1.57. The lowest BCUT2D eigenvalue weighted by atomic mass is 9.95. The number of Topliss-reactive ketones (excluding diaryl/α,β-unsaturated/α-hetero) is 1. The smallest absolute Gasteiger partial charge is 0.300 e. The van der Waals surface area contributed by atoms with Gasteiger partial charge < -0.3 is 14.6 Å². The maximum Gasteiger partial charge on any atom is 0.300 e. The molecule has 1 aliphatic rings. The highest BCUT2D eigenvalue weighted by atomic mass is 16.5. The van der Waals surface area contributed by atoms with Crippen molar-refractivity contribution in [2.75, 3.05) is 18.6 Å². The summed E-state index contributed by atoms with van der Waals surface area (Å²) in [4.78, 5) is 28.0. The van der Waals surface area contributed by atoms with E-state index in [1.54, 1.807) is 55.6 Å². The van der Waals surface area contributed by atoms with Crippen molar-refractivity contribution < 1.29 is 24.2 Å². The van der Waals surface area contributed by atoms with E-state index < -0.39 is 17.7 Å². The van der Waals surface area contributed by atoms with Crippen LogP contribution in [0.3, 0.4) is 0 Å². The van der Waals surface area contributed by atoms with Gasteiger partial charge in [0.1, 0.15) is 17.3 Å². The van der Waals surface area contributed by atoms with Crippen molar-refractivity contribution in [1.29, 1.82) is 0 Å². The van der Waals surface area contributed by atoms with Crippen LogP contribution in [0.25, 0.3) is 5.76 Å². The van der Waals surface area contributed by atoms with Crippen molar-refractivity contribution in [2.45, 2.75) is 32.7 Å². The standard InChI is InChI=1S/C29H29NO5/c1-4-18-35-24-16-10-21(11-17-24)27(31)25-26(20-8-14-23(34-3)15-9-20)30(29(33)28(25)32)22-12-6-19(5-2)7-13-22/h6-17,26,31H,4-5,18H2,1-3H3/b27-25+. The molecule has 0 radical (unpaired) electrons. The van der Waals surface area contributed by atoms with Crippen LogP contribution < -0.4 is 14.4 Å². The number of methoxy groups -OCH3 is 1. The van der Waals surface area contributed by atoms with Crippen LogP contribution in [0.1, 0.15) is 43.0 Å². The molecule has 4 rings (SSSR count). The lowest BCUT2D eigenvalue weighted by Crippen LogP contribution is -2.29. The number of ether oxygens (including phenoxy) is 2. The zero-order valence-electron chi connectivity index (χ0n) is 20.2. The molecule has 1 fully saturated rings. The number of nitrogens with zero attached hydrogens (tertiary/aromatic N) is 1. The number of ketones is 1. The largest absolute Gasteiger partial charge is 0.507 e. The van der Waals surface area contributed by atoms with Crippen LogP contribution >= 0.6 is 0 Å². The summed E-state index contributed by atoms with van der Waals surface area (Å²) in [6.07, 6.45) is 1.74. The molecule has 0 bridgehead atoms. The summed E-state index contributed by atoms with van der Waals surface area (Å²) >= 11 is 0. The summed E-state index contributed by atoms with van der Waals surface area (Å²) in [6.45, 7) is 4.66. The number of aliphatic hydroxyl groups is 1. The molecule has 0 spiro atoms. The van der Waals surface area contributed by atoms with E-state index in [9.17, 15) is 14.7 Å². The average Bonchev–Trinajstić information content (AvgIpc) is 3.17. The number of hydrogen-bond acceptors (Lipinski definition) is 5. The lowest BCUT2D eigenvalue weighted by molar-refractivity contribution is -0.132. The van der Waals surface area contributed by atoms with E-state index >= 15 is 0 Å². The van der Waals surface area contributed by atoms with E-state index in [2.05, 4.69) is 6.92 Å². The molecule has 3 aromatic rings. The fourth-order valence-electron chi connectivity index (χ4n) is 4.18. The molecule has 6 nitrogen and oxygen atoms in total. The van der Waals surface area contributed by atoms with Crippen molar-refractivity contribution in [2.24, 2.45) is 0 Å². The van der Waals surface area contributed by atoms with Gasteiger partial charge in [-0.3, -0.25) is 14.5 Å². The number of amides is 1. The minimum Gasteiger partial charge on any atom is -0.507 e. The monoisotopic (exact) mass is 471 g/mol. The van der Waals surface area contributed by atoms with E-state index in [0.717, 1.165) is 18.4 Å². The Morgan fingerprint density at radius 2 is 1.51 bits per heavy atom. The highest BCUT2D eigenvalue weighted by Crippen LogP contribution is 2.42. The van der Waals surface area contributed by atoms with Gasteiger partial charge in [-0.05, 0) is 72.5 Å². The Kier molecular flexibility index (Phi) is 7.20. The lowest BCUT2D eigenvalue weighted by Gasteiger charge is -2.25. The van der Waals surface area contributed by atoms with E-state index in [1.807, 2.05) is 31.2 Å². The first-order chi connectivity index (χ1) is 17.0. The normalized spacial score (nSPS) is 17.0. The van der Waals surface area contributed by atoms with Gasteiger partial charge in [-0.2, -0.15) is 0 Å². The Morgan fingerprint density at radius 3 is 2.09 bits per heavy atom. The molecule has 6 heteroatoms. The van der Waals surface area contributed by atoms with Crippen LogP contribution in [-0.4, -0.2) is 30.5 Å². The predicted octanol–water partition coefficient (Wildman–Crippen LogP) is 5.67. The number of aryl methyl sites for hydroxylation is 1. The number of carbonyl (C=O) groups is 2. The van der Waals surface area contributed by atoms with Crippen LogP contribution in [0.15, 0.2) is 78.4 Å². The van der Waals surface area contributed by atoms with E-state index in [-0.39, 0.29) is 11.3 Å². The predicted molar refractivity (Wildman–Crippen MR) is 136 cm³/mol. The Morgan fingerprint density at radius 1 is 0.886 bits per heavy atom. The topological polar surface area (TPSA) is 76.1 Å². The van der Waals surface area contributed by atoms with Gasteiger partial charge in [0, 0.05) is 11.3 Å². The minimum absolute atomic E-state index is 0.0435. The Balaban J connectivity index is 1.83. The highest BCUT2D eigenvalue weighted by Gasteiger charge is 2.46. The van der Waals surface area contributed by atoms with Gasteiger partial charge in [-0.1, -0.05) is 38.1 Å². The number of aliphatic hydroxyl groups excluding tert-OH is 1. The second kappa shape index (κ2) is 10.5. The molecule has 1 aliphatic heterocycles. The van der Waals surface area contributed by atoms with Crippen molar-refractivity contribution in [1.82, 2.24) is 0 Å². The number of hydrogen-bond donors (Lipinski definition) is 1. The molecule has 180 valence electrons. The summed E-state index contributed by atoms with van der Waals surface area (Å²) in [6, 6.07) is 20.8. The van der Waals surface area contributed by atoms with Crippen LogP contribution in [0.4, 0.5) is 5.69 Å². The molecule has 1 amide bonds. The van der Waals surface area contributed by atoms with Crippen LogP contribution in [0.5, 0.6) is 11.5 Å². The molecule has 1 saturated heterocycles. The minimum atomic E-state index is -0.788. The van der Waals surface area contributed by atoms with Gasteiger partial charge in [0.25, 0.3) is 11.7 Å². The molecule has 1 heterocycles. The van der Waals surface area contributed by atoms with Gasteiger partial charge >= 0.3 is 0 Å². The van der Waals surface area contributed by atoms with Crippen molar-refractivity contribution in [3.63, 3.8) is 0 Å². The molecule has 1 unspecified atom stereocenters. The van der Waals surface area contributed by atoms with Gasteiger partial charge in [0.15, 0.2) is 0 Å².